The summed E-state index contributed by atoms with van der Waals surface area (Å²) in [6.45, 7) is 4.49. The van der Waals surface area contributed by atoms with Gasteiger partial charge in [0.05, 0.1) is 19.2 Å². The predicted octanol–water partition coefficient (Wildman–Crippen LogP) is 2.50. The van der Waals surface area contributed by atoms with Gasteiger partial charge in [0.15, 0.2) is 0 Å². The van der Waals surface area contributed by atoms with Gasteiger partial charge in [0.1, 0.15) is 11.3 Å². The molecule has 2 fully saturated rings. The lowest BCUT2D eigenvalue weighted by atomic mass is 9.82. The number of carbonyl (C=O) groups is 2. The van der Waals surface area contributed by atoms with Crippen molar-refractivity contribution in [3.63, 3.8) is 0 Å². The molecule has 3 rings (SSSR count). The van der Waals surface area contributed by atoms with E-state index in [1.54, 1.807) is 7.11 Å². The summed E-state index contributed by atoms with van der Waals surface area (Å²) >= 11 is 0. The quantitative estimate of drug-likeness (QED) is 0.724. The third-order valence-corrected chi connectivity index (χ3v) is 6.66. The Balaban J connectivity index is 1.44. The summed E-state index contributed by atoms with van der Waals surface area (Å²) in [5.41, 5.74) is 0.412. The molecular weight excluding hydrogens is 392 g/mol. The van der Waals surface area contributed by atoms with Gasteiger partial charge in [-0.3, -0.25) is 14.5 Å². The van der Waals surface area contributed by atoms with Crippen molar-refractivity contribution >= 4 is 11.8 Å². The molecule has 1 aliphatic heterocycles. The molecule has 1 aliphatic carbocycles. The van der Waals surface area contributed by atoms with Crippen LogP contribution in [-0.2, 0) is 16.0 Å². The number of benzene rings is 1. The first-order valence-electron chi connectivity index (χ1n) is 11.3. The molecule has 7 heteroatoms. The number of hydrogen-bond acceptors (Lipinski definition) is 5. The van der Waals surface area contributed by atoms with E-state index in [1.807, 2.05) is 36.1 Å². The van der Waals surface area contributed by atoms with Crippen LogP contribution in [-0.4, -0.2) is 66.5 Å². The lowest BCUT2D eigenvalue weighted by Gasteiger charge is -2.39. The lowest BCUT2D eigenvalue weighted by molar-refractivity contribution is -0.134. The normalized spacial score (nSPS) is 19.8. The van der Waals surface area contributed by atoms with E-state index in [0.29, 0.717) is 39.0 Å². The van der Waals surface area contributed by atoms with Crippen LogP contribution in [0.3, 0.4) is 0 Å². The summed E-state index contributed by atoms with van der Waals surface area (Å²) in [5.74, 6) is 0.884. The molecule has 168 valence electrons. The number of methoxy groups -OCH3 is 1. The van der Waals surface area contributed by atoms with Crippen LogP contribution in [0.15, 0.2) is 24.3 Å². The van der Waals surface area contributed by atoms with Gasteiger partial charge in [-0.15, -0.1) is 0 Å². The van der Waals surface area contributed by atoms with E-state index in [2.05, 4.69) is 16.3 Å². The largest absolute Gasteiger partial charge is 0.497 e. The van der Waals surface area contributed by atoms with Crippen LogP contribution in [0.25, 0.3) is 0 Å². The topological polar surface area (TPSA) is 85.7 Å². The molecule has 0 radical (unpaired) electrons. The van der Waals surface area contributed by atoms with Crippen LogP contribution < -0.4 is 10.1 Å². The zero-order valence-corrected chi connectivity index (χ0v) is 18.7. The van der Waals surface area contributed by atoms with Crippen molar-refractivity contribution in [2.24, 2.45) is 0 Å². The molecule has 1 atom stereocenters. The number of hydrogen-bond donors (Lipinski definition) is 1. The Morgan fingerprint density at radius 2 is 1.77 bits per heavy atom. The highest BCUT2D eigenvalue weighted by atomic mass is 16.5. The summed E-state index contributed by atoms with van der Waals surface area (Å²) in [6.07, 6.45) is 5.75. The Labute approximate surface area is 185 Å². The second kappa shape index (κ2) is 10.6. The maximum atomic E-state index is 12.8. The van der Waals surface area contributed by atoms with E-state index >= 15 is 0 Å². The first-order chi connectivity index (χ1) is 15.0. The number of piperazine rings is 1. The van der Waals surface area contributed by atoms with Crippen LogP contribution in [0.2, 0.25) is 0 Å². The average molecular weight is 427 g/mol. The van der Waals surface area contributed by atoms with E-state index < -0.39 is 5.54 Å². The minimum Gasteiger partial charge on any atom is -0.497 e. The van der Waals surface area contributed by atoms with Crippen LogP contribution in [0.4, 0.5) is 0 Å². The van der Waals surface area contributed by atoms with Crippen LogP contribution >= 0.6 is 0 Å². The maximum Gasteiger partial charge on any atom is 0.238 e. The minimum atomic E-state index is -0.706. The smallest absolute Gasteiger partial charge is 0.238 e. The van der Waals surface area contributed by atoms with E-state index in [1.165, 1.54) is 0 Å². The highest BCUT2D eigenvalue weighted by molar-refractivity contribution is 5.82. The highest BCUT2D eigenvalue weighted by Gasteiger charge is 2.36. The Morgan fingerprint density at radius 3 is 2.35 bits per heavy atom. The summed E-state index contributed by atoms with van der Waals surface area (Å²) in [5, 5.41) is 12.6. The third kappa shape index (κ3) is 5.98. The van der Waals surface area contributed by atoms with Gasteiger partial charge in [-0.05, 0) is 43.9 Å². The van der Waals surface area contributed by atoms with Gasteiger partial charge in [-0.1, -0.05) is 31.4 Å². The number of ether oxygens (including phenoxy) is 1. The molecule has 0 bridgehead atoms. The van der Waals surface area contributed by atoms with Crippen molar-refractivity contribution < 1.29 is 14.3 Å². The fraction of sp³-hybridized carbons (Fsp3) is 0.625. The monoisotopic (exact) mass is 426 g/mol. The van der Waals surface area contributed by atoms with Crippen molar-refractivity contribution in [3.8, 4) is 11.8 Å². The van der Waals surface area contributed by atoms with Crippen molar-refractivity contribution in [1.82, 2.24) is 15.1 Å². The van der Waals surface area contributed by atoms with Gasteiger partial charge in [0, 0.05) is 32.6 Å². The average Bonchev–Trinajstić information content (AvgIpc) is 2.83. The fourth-order valence-electron chi connectivity index (χ4n) is 4.49. The molecule has 0 spiro atoms. The number of aryl methyl sites for hydroxylation is 1. The van der Waals surface area contributed by atoms with E-state index in [0.717, 1.165) is 43.4 Å². The third-order valence-electron chi connectivity index (χ3n) is 6.66. The number of nitrogens with zero attached hydrogens (tertiary/aromatic N) is 3. The van der Waals surface area contributed by atoms with E-state index in [9.17, 15) is 14.9 Å². The molecule has 2 amide bonds. The Kier molecular flexibility index (Phi) is 7.91. The molecule has 1 saturated heterocycles. The molecule has 1 aromatic carbocycles. The molecule has 2 aliphatic rings. The standard InChI is InChI=1S/C24H34N4O3/c1-19(23(30)26-24(18-25)12-4-3-5-13-24)27-14-16-28(17-15-27)22(29)11-8-20-6-9-21(31-2)10-7-20/h6-7,9-10,19H,3-5,8,11-17H2,1-2H3,(H,26,30). The summed E-state index contributed by atoms with van der Waals surface area (Å²) in [6, 6.07) is 9.85. The second-order valence-electron chi connectivity index (χ2n) is 8.68. The first-order valence-corrected chi connectivity index (χ1v) is 11.3. The van der Waals surface area contributed by atoms with Gasteiger partial charge >= 0.3 is 0 Å². The molecule has 7 nitrogen and oxygen atoms in total. The minimum absolute atomic E-state index is 0.0808. The van der Waals surface area contributed by atoms with Gasteiger partial charge in [0.25, 0.3) is 0 Å². The maximum absolute atomic E-state index is 12.8. The fourth-order valence-corrected chi connectivity index (χ4v) is 4.49. The summed E-state index contributed by atoms with van der Waals surface area (Å²) < 4.78 is 5.17. The molecule has 1 heterocycles. The van der Waals surface area contributed by atoms with Gasteiger partial charge in [0.2, 0.25) is 11.8 Å². The number of carbonyl (C=O) groups excluding carboxylic acids is 2. The van der Waals surface area contributed by atoms with Crippen molar-refractivity contribution in [1.29, 1.82) is 5.26 Å². The first kappa shape index (κ1) is 23.1. The van der Waals surface area contributed by atoms with Crippen molar-refractivity contribution in [2.75, 3.05) is 33.3 Å². The second-order valence-corrected chi connectivity index (χ2v) is 8.68. The molecule has 31 heavy (non-hydrogen) atoms. The number of nitriles is 1. The van der Waals surface area contributed by atoms with Crippen LogP contribution in [0.1, 0.15) is 51.0 Å². The molecule has 1 N–H and O–H groups in total. The van der Waals surface area contributed by atoms with Gasteiger partial charge in [-0.2, -0.15) is 5.26 Å². The van der Waals surface area contributed by atoms with Crippen LogP contribution in [0.5, 0.6) is 5.75 Å². The molecular formula is C24H34N4O3. The summed E-state index contributed by atoms with van der Waals surface area (Å²) in [4.78, 5) is 29.4. The van der Waals surface area contributed by atoms with Gasteiger partial charge < -0.3 is 15.0 Å². The van der Waals surface area contributed by atoms with E-state index in [-0.39, 0.29) is 17.9 Å². The number of rotatable bonds is 7. The number of nitrogens with one attached hydrogen (secondary N) is 1. The van der Waals surface area contributed by atoms with Crippen LogP contribution in [0, 0.1) is 11.3 Å². The molecule has 1 unspecified atom stereocenters. The zero-order chi connectivity index (χ0) is 22.3. The Hall–Kier alpha value is -2.59. The molecule has 1 saturated carbocycles. The van der Waals surface area contributed by atoms with E-state index in [4.69, 9.17) is 4.74 Å². The molecule has 0 aromatic heterocycles. The predicted molar refractivity (Wildman–Crippen MR) is 119 cm³/mol. The Morgan fingerprint density at radius 1 is 1.13 bits per heavy atom. The summed E-state index contributed by atoms with van der Waals surface area (Å²) in [7, 11) is 1.64. The SMILES string of the molecule is COc1ccc(CCC(=O)N2CCN(C(C)C(=O)NC3(C#N)CCCCC3)CC2)cc1. The molecule has 1 aromatic rings. The van der Waals surface area contributed by atoms with Crippen molar-refractivity contribution in [3.05, 3.63) is 29.8 Å². The lowest BCUT2D eigenvalue weighted by Crippen LogP contribution is -2.58. The zero-order valence-electron chi connectivity index (χ0n) is 18.7. The highest BCUT2D eigenvalue weighted by Crippen LogP contribution is 2.27. The number of amides is 2. The van der Waals surface area contributed by atoms with Crippen molar-refractivity contribution in [2.45, 2.75) is 63.5 Å². The van der Waals surface area contributed by atoms with Gasteiger partial charge in [-0.25, -0.2) is 0 Å². The Bertz CT molecular complexity index is 788.